The van der Waals surface area contributed by atoms with Crippen molar-refractivity contribution in [2.75, 3.05) is 33.3 Å². The molecule has 1 aliphatic rings. The molecule has 142 valence electrons. The molecule has 8 heteroatoms. The van der Waals surface area contributed by atoms with E-state index in [1.165, 1.54) is 4.90 Å². The van der Waals surface area contributed by atoms with E-state index in [-0.39, 0.29) is 30.2 Å². The van der Waals surface area contributed by atoms with Crippen LogP contribution in [0.4, 0.5) is 0 Å². The molecule has 1 aromatic carbocycles. The van der Waals surface area contributed by atoms with E-state index >= 15 is 0 Å². The molecule has 0 N–H and O–H groups in total. The van der Waals surface area contributed by atoms with Crippen LogP contribution >= 0.6 is 27.5 Å². The summed E-state index contributed by atoms with van der Waals surface area (Å²) >= 11 is 9.40. The molecule has 2 amide bonds. The van der Waals surface area contributed by atoms with Crippen LogP contribution in [0.5, 0.6) is 0 Å². The molecule has 1 aliphatic heterocycles. The zero-order chi connectivity index (χ0) is 19.3. The van der Waals surface area contributed by atoms with Gasteiger partial charge in [-0.05, 0) is 38.0 Å². The van der Waals surface area contributed by atoms with Crippen molar-refractivity contribution in [1.29, 1.82) is 0 Å². The minimum absolute atomic E-state index is 0.0722. The number of likely N-dealkylation sites (N-methyl/N-ethyl adjacent to an activating group) is 1. The maximum Gasteiger partial charge on any atom is 0.310 e. The predicted octanol–water partition coefficient (Wildman–Crippen LogP) is 2.98. The normalized spacial score (nSPS) is 16.9. The first-order valence-corrected chi connectivity index (χ1v) is 9.65. The largest absolute Gasteiger partial charge is 0.466 e. The second kappa shape index (κ2) is 9.37. The third kappa shape index (κ3) is 5.20. The fourth-order valence-corrected chi connectivity index (χ4v) is 3.46. The number of hydrogen-bond acceptors (Lipinski definition) is 4. The van der Waals surface area contributed by atoms with E-state index in [0.29, 0.717) is 36.7 Å². The first-order valence-electron chi connectivity index (χ1n) is 8.48. The third-order valence-corrected chi connectivity index (χ3v) is 5.09. The summed E-state index contributed by atoms with van der Waals surface area (Å²) in [6.07, 6.45) is 1.45. The van der Waals surface area contributed by atoms with Gasteiger partial charge in [-0.1, -0.05) is 27.5 Å². The summed E-state index contributed by atoms with van der Waals surface area (Å²) in [6, 6.07) is 5.00. The van der Waals surface area contributed by atoms with Crippen LogP contribution in [0, 0.1) is 5.92 Å². The second-order valence-corrected chi connectivity index (χ2v) is 7.54. The monoisotopic (exact) mass is 444 g/mol. The van der Waals surface area contributed by atoms with Gasteiger partial charge in [0.15, 0.2) is 0 Å². The number of piperidine rings is 1. The Morgan fingerprint density at radius 1 is 1.38 bits per heavy atom. The van der Waals surface area contributed by atoms with Crippen molar-refractivity contribution in [2.45, 2.75) is 19.8 Å². The van der Waals surface area contributed by atoms with E-state index in [9.17, 15) is 14.4 Å². The van der Waals surface area contributed by atoms with Gasteiger partial charge in [-0.3, -0.25) is 14.4 Å². The van der Waals surface area contributed by atoms with Gasteiger partial charge >= 0.3 is 5.97 Å². The van der Waals surface area contributed by atoms with E-state index in [4.69, 9.17) is 16.3 Å². The van der Waals surface area contributed by atoms with E-state index in [1.807, 2.05) is 0 Å². The molecule has 0 saturated carbocycles. The van der Waals surface area contributed by atoms with E-state index in [0.717, 1.165) is 10.9 Å². The molecular weight excluding hydrogens is 424 g/mol. The Bertz CT molecular complexity index is 698. The number of carbonyl (C=O) groups is 3. The Labute approximate surface area is 166 Å². The summed E-state index contributed by atoms with van der Waals surface area (Å²) in [5, 5.41) is 0.331. The van der Waals surface area contributed by atoms with Crippen LogP contribution in [-0.2, 0) is 14.3 Å². The quantitative estimate of drug-likeness (QED) is 0.654. The first-order chi connectivity index (χ1) is 12.3. The number of halogens is 2. The predicted molar refractivity (Wildman–Crippen MR) is 102 cm³/mol. The number of hydrogen-bond donors (Lipinski definition) is 0. The second-order valence-electron chi connectivity index (χ2n) is 6.22. The summed E-state index contributed by atoms with van der Waals surface area (Å²) in [7, 11) is 1.56. The molecular formula is C18H22BrClN2O4. The number of nitrogens with zero attached hydrogens (tertiary/aromatic N) is 2. The van der Waals surface area contributed by atoms with Crippen molar-refractivity contribution in [1.82, 2.24) is 9.80 Å². The summed E-state index contributed by atoms with van der Waals surface area (Å²) in [5.74, 6) is -1.09. The highest BCUT2D eigenvalue weighted by atomic mass is 79.9. The summed E-state index contributed by atoms with van der Waals surface area (Å²) < 4.78 is 5.78. The average Bonchev–Trinajstić information content (AvgIpc) is 2.63. The lowest BCUT2D eigenvalue weighted by Gasteiger charge is -2.32. The van der Waals surface area contributed by atoms with Gasteiger partial charge < -0.3 is 14.5 Å². The van der Waals surface area contributed by atoms with Crippen molar-refractivity contribution < 1.29 is 19.1 Å². The van der Waals surface area contributed by atoms with Crippen LogP contribution in [-0.4, -0.2) is 60.9 Å². The van der Waals surface area contributed by atoms with E-state index in [2.05, 4.69) is 15.9 Å². The Morgan fingerprint density at radius 2 is 2.12 bits per heavy atom. The zero-order valence-electron chi connectivity index (χ0n) is 14.8. The van der Waals surface area contributed by atoms with Crippen LogP contribution < -0.4 is 0 Å². The number of ether oxygens (including phenoxy) is 1. The molecule has 1 atom stereocenters. The third-order valence-electron chi connectivity index (χ3n) is 4.27. The Hall–Kier alpha value is -1.60. The lowest BCUT2D eigenvalue weighted by atomic mass is 9.98. The van der Waals surface area contributed by atoms with Gasteiger partial charge in [-0.2, -0.15) is 0 Å². The summed E-state index contributed by atoms with van der Waals surface area (Å²) in [5.41, 5.74) is 0.333. The Balaban J connectivity index is 1.98. The molecule has 1 heterocycles. The van der Waals surface area contributed by atoms with Gasteiger partial charge in [-0.15, -0.1) is 0 Å². The molecule has 1 aromatic rings. The summed E-state index contributed by atoms with van der Waals surface area (Å²) in [4.78, 5) is 40.0. The first kappa shape index (κ1) is 20.7. The SMILES string of the molecule is CCOC(=O)C1CCCN(C(=O)CN(C)C(=O)c2cc(Br)ccc2Cl)C1. The number of rotatable bonds is 5. The van der Waals surface area contributed by atoms with Gasteiger partial charge in [0.05, 0.1) is 29.7 Å². The fraction of sp³-hybridized carbons (Fsp3) is 0.500. The van der Waals surface area contributed by atoms with Gasteiger partial charge in [-0.25, -0.2) is 0 Å². The molecule has 1 saturated heterocycles. The maximum absolute atomic E-state index is 12.6. The highest BCUT2D eigenvalue weighted by Crippen LogP contribution is 2.23. The topological polar surface area (TPSA) is 66.9 Å². The highest BCUT2D eigenvalue weighted by molar-refractivity contribution is 9.10. The van der Waals surface area contributed by atoms with Gasteiger partial charge in [0.2, 0.25) is 5.91 Å². The molecule has 0 aliphatic carbocycles. The van der Waals surface area contributed by atoms with Crippen LogP contribution in [0.2, 0.25) is 5.02 Å². The fourth-order valence-electron chi connectivity index (χ4n) is 2.90. The van der Waals surface area contributed by atoms with Crippen molar-refractivity contribution in [3.05, 3.63) is 33.3 Å². The average molecular weight is 446 g/mol. The minimum atomic E-state index is -0.330. The van der Waals surface area contributed by atoms with Crippen molar-refractivity contribution >= 4 is 45.3 Å². The molecule has 1 fully saturated rings. The van der Waals surface area contributed by atoms with Crippen molar-refractivity contribution in [3.63, 3.8) is 0 Å². The van der Waals surface area contributed by atoms with Crippen LogP contribution in [0.3, 0.4) is 0 Å². The smallest absolute Gasteiger partial charge is 0.310 e. The van der Waals surface area contributed by atoms with Crippen LogP contribution in [0.25, 0.3) is 0 Å². The molecule has 2 rings (SSSR count). The molecule has 0 radical (unpaired) electrons. The van der Waals surface area contributed by atoms with Gasteiger partial charge in [0.1, 0.15) is 0 Å². The standard InChI is InChI=1S/C18H22BrClN2O4/c1-3-26-18(25)12-5-4-8-22(10-12)16(23)11-21(2)17(24)14-9-13(19)6-7-15(14)20/h6-7,9,12H,3-5,8,10-11H2,1-2H3. The maximum atomic E-state index is 12.6. The number of likely N-dealkylation sites (tertiary alicyclic amines) is 1. The molecule has 0 aromatic heterocycles. The van der Waals surface area contributed by atoms with Crippen molar-refractivity contribution in [3.8, 4) is 0 Å². The lowest BCUT2D eigenvalue weighted by Crippen LogP contribution is -2.47. The highest BCUT2D eigenvalue weighted by Gasteiger charge is 2.30. The number of carbonyl (C=O) groups excluding carboxylic acids is 3. The lowest BCUT2D eigenvalue weighted by molar-refractivity contribution is -0.151. The van der Waals surface area contributed by atoms with Gasteiger partial charge in [0, 0.05) is 24.6 Å². The molecule has 1 unspecified atom stereocenters. The number of amides is 2. The molecule has 6 nitrogen and oxygen atoms in total. The number of benzene rings is 1. The van der Waals surface area contributed by atoms with Crippen LogP contribution in [0.15, 0.2) is 22.7 Å². The molecule has 26 heavy (non-hydrogen) atoms. The number of esters is 1. The Kier molecular flexibility index (Phi) is 7.46. The Morgan fingerprint density at radius 3 is 2.81 bits per heavy atom. The zero-order valence-corrected chi connectivity index (χ0v) is 17.2. The molecule has 0 spiro atoms. The van der Waals surface area contributed by atoms with Crippen molar-refractivity contribution in [2.24, 2.45) is 5.92 Å². The van der Waals surface area contributed by atoms with Gasteiger partial charge in [0.25, 0.3) is 5.91 Å². The van der Waals surface area contributed by atoms with Crippen LogP contribution in [0.1, 0.15) is 30.1 Å². The minimum Gasteiger partial charge on any atom is -0.466 e. The van der Waals surface area contributed by atoms with E-state index in [1.54, 1.807) is 37.1 Å². The molecule has 0 bridgehead atoms. The van der Waals surface area contributed by atoms with E-state index < -0.39 is 0 Å². The summed E-state index contributed by atoms with van der Waals surface area (Å²) in [6.45, 7) is 2.92.